The predicted octanol–water partition coefficient (Wildman–Crippen LogP) is 3.59. The van der Waals surface area contributed by atoms with Crippen molar-refractivity contribution < 1.29 is 19.4 Å². The summed E-state index contributed by atoms with van der Waals surface area (Å²) in [6.07, 6.45) is 5.97. The lowest BCUT2D eigenvalue weighted by Crippen LogP contribution is -2.36. The van der Waals surface area contributed by atoms with Crippen molar-refractivity contribution in [3.05, 3.63) is 17.0 Å². The summed E-state index contributed by atoms with van der Waals surface area (Å²) < 4.78 is 14.0. The Hall–Kier alpha value is -1.64. The maximum Gasteiger partial charge on any atom is 0.407 e. The smallest absolute Gasteiger partial charge is 0.407 e. The van der Waals surface area contributed by atoms with Crippen LogP contribution in [0.3, 0.4) is 0 Å². The molecule has 0 atom stereocenters. The van der Waals surface area contributed by atoms with Gasteiger partial charge in [-0.05, 0) is 65.3 Å². The molecular formula is C24H42N4O4. The van der Waals surface area contributed by atoms with Crippen LogP contribution in [0.4, 0.5) is 4.79 Å². The molecule has 1 amide bonds. The van der Waals surface area contributed by atoms with E-state index in [0.29, 0.717) is 19.0 Å². The number of carbonyl (C=O) groups is 1. The summed E-state index contributed by atoms with van der Waals surface area (Å²) in [5, 5.41) is 14.1. The summed E-state index contributed by atoms with van der Waals surface area (Å²) in [5.74, 6) is 0.540. The monoisotopic (exact) mass is 450 g/mol. The third-order valence-electron chi connectivity index (χ3n) is 7.20. The zero-order valence-corrected chi connectivity index (χ0v) is 20.4. The molecule has 1 aliphatic heterocycles. The Labute approximate surface area is 192 Å². The molecular weight excluding hydrogens is 408 g/mol. The van der Waals surface area contributed by atoms with Gasteiger partial charge in [0.05, 0.1) is 18.9 Å². The zero-order chi connectivity index (χ0) is 23.1. The van der Waals surface area contributed by atoms with E-state index < -0.39 is 6.09 Å². The van der Waals surface area contributed by atoms with Crippen molar-refractivity contribution in [3.8, 4) is 0 Å². The van der Waals surface area contributed by atoms with Crippen molar-refractivity contribution in [2.24, 2.45) is 5.41 Å². The Morgan fingerprint density at radius 2 is 1.81 bits per heavy atom. The van der Waals surface area contributed by atoms with Crippen LogP contribution in [-0.4, -0.2) is 84.4 Å². The average molecular weight is 451 g/mol. The minimum Gasteiger partial charge on any atom is -0.465 e. The van der Waals surface area contributed by atoms with Crippen LogP contribution in [0.25, 0.3) is 0 Å². The van der Waals surface area contributed by atoms with Gasteiger partial charge >= 0.3 is 6.09 Å². The Morgan fingerprint density at radius 1 is 1.16 bits per heavy atom. The second-order valence-corrected chi connectivity index (χ2v) is 9.62. The standard InChI is InChI=1S/C24H42N4O4/c1-5-31-17-24(18-32-6-2)11-9-19(10-12-24)22-20(25-28-13-7-8-21(22)28)16-26(3)14-15-27(4)23(29)30/h19H,5-18H2,1-4H3,(H,29,30). The predicted molar refractivity (Wildman–Crippen MR) is 124 cm³/mol. The molecule has 1 aromatic rings. The molecule has 0 bridgehead atoms. The molecule has 1 aromatic heterocycles. The van der Waals surface area contributed by atoms with E-state index >= 15 is 0 Å². The summed E-state index contributed by atoms with van der Waals surface area (Å²) in [6, 6.07) is 0. The van der Waals surface area contributed by atoms with E-state index in [2.05, 4.69) is 30.5 Å². The quantitative estimate of drug-likeness (QED) is 0.524. The molecule has 0 radical (unpaired) electrons. The number of ether oxygens (including phenoxy) is 2. The Morgan fingerprint density at radius 3 is 2.41 bits per heavy atom. The van der Waals surface area contributed by atoms with Gasteiger partial charge in [0.2, 0.25) is 0 Å². The van der Waals surface area contributed by atoms with Gasteiger partial charge in [0.25, 0.3) is 0 Å². The normalized spacial score (nSPS) is 18.3. The number of aromatic nitrogens is 2. The first-order chi connectivity index (χ1) is 15.4. The lowest BCUT2D eigenvalue weighted by molar-refractivity contribution is -0.0395. The van der Waals surface area contributed by atoms with E-state index in [9.17, 15) is 4.79 Å². The summed E-state index contributed by atoms with van der Waals surface area (Å²) >= 11 is 0. The van der Waals surface area contributed by atoms with E-state index in [1.165, 1.54) is 28.3 Å². The van der Waals surface area contributed by atoms with Crippen LogP contribution in [0.15, 0.2) is 0 Å². The third-order valence-corrected chi connectivity index (χ3v) is 7.20. The first kappa shape index (κ1) is 25.0. The van der Waals surface area contributed by atoms with Crippen molar-refractivity contribution in [2.45, 2.75) is 71.4 Å². The molecule has 1 fully saturated rings. The van der Waals surface area contributed by atoms with Gasteiger partial charge in [0, 0.05) is 63.1 Å². The van der Waals surface area contributed by atoms with Crippen LogP contribution < -0.4 is 0 Å². The van der Waals surface area contributed by atoms with Crippen molar-refractivity contribution in [1.29, 1.82) is 0 Å². The number of hydrogen-bond acceptors (Lipinski definition) is 5. The Kier molecular flexibility index (Phi) is 8.96. The molecule has 8 nitrogen and oxygen atoms in total. The largest absolute Gasteiger partial charge is 0.465 e. The molecule has 2 aliphatic rings. The van der Waals surface area contributed by atoms with Gasteiger partial charge in [-0.3, -0.25) is 9.58 Å². The summed E-state index contributed by atoms with van der Waals surface area (Å²) in [6.45, 7) is 10.2. The molecule has 2 heterocycles. The molecule has 32 heavy (non-hydrogen) atoms. The lowest BCUT2D eigenvalue weighted by atomic mass is 9.69. The van der Waals surface area contributed by atoms with Crippen LogP contribution in [0, 0.1) is 5.41 Å². The maximum absolute atomic E-state index is 11.1. The van der Waals surface area contributed by atoms with E-state index in [-0.39, 0.29) is 5.41 Å². The van der Waals surface area contributed by atoms with E-state index in [1.807, 2.05) is 0 Å². The second-order valence-electron chi connectivity index (χ2n) is 9.62. The third kappa shape index (κ3) is 6.02. The molecule has 1 saturated carbocycles. The fourth-order valence-corrected chi connectivity index (χ4v) is 5.24. The summed E-state index contributed by atoms with van der Waals surface area (Å²) in [7, 11) is 3.67. The molecule has 1 N–H and O–H groups in total. The van der Waals surface area contributed by atoms with Crippen LogP contribution >= 0.6 is 0 Å². The van der Waals surface area contributed by atoms with Gasteiger partial charge in [-0.25, -0.2) is 4.79 Å². The van der Waals surface area contributed by atoms with Gasteiger partial charge in [-0.15, -0.1) is 0 Å². The minimum absolute atomic E-state index is 0.136. The molecule has 182 valence electrons. The Balaban J connectivity index is 1.69. The van der Waals surface area contributed by atoms with Gasteiger partial charge < -0.3 is 19.5 Å². The van der Waals surface area contributed by atoms with Crippen molar-refractivity contribution in [3.63, 3.8) is 0 Å². The van der Waals surface area contributed by atoms with Crippen LogP contribution in [0.1, 0.15) is 68.8 Å². The number of nitrogens with zero attached hydrogens (tertiary/aromatic N) is 4. The first-order valence-corrected chi connectivity index (χ1v) is 12.3. The van der Waals surface area contributed by atoms with E-state index in [4.69, 9.17) is 19.7 Å². The molecule has 3 rings (SSSR count). The fraction of sp³-hybridized carbons (Fsp3) is 0.833. The van der Waals surface area contributed by atoms with Gasteiger partial charge in [0.1, 0.15) is 0 Å². The maximum atomic E-state index is 11.1. The average Bonchev–Trinajstić information content (AvgIpc) is 3.36. The highest BCUT2D eigenvalue weighted by Gasteiger charge is 2.39. The van der Waals surface area contributed by atoms with E-state index in [0.717, 1.165) is 71.6 Å². The topological polar surface area (TPSA) is 80.1 Å². The number of hydrogen-bond donors (Lipinski definition) is 1. The highest BCUT2D eigenvalue weighted by atomic mass is 16.5. The number of aryl methyl sites for hydroxylation is 1. The highest BCUT2D eigenvalue weighted by molar-refractivity contribution is 5.64. The van der Waals surface area contributed by atoms with Crippen molar-refractivity contribution in [1.82, 2.24) is 19.6 Å². The van der Waals surface area contributed by atoms with Crippen molar-refractivity contribution >= 4 is 6.09 Å². The SMILES string of the molecule is CCOCC1(COCC)CCC(c2c(CN(C)CCN(C)C(=O)O)nn3c2CCC3)CC1. The molecule has 1 aliphatic carbocycles. The summed E-state index contributed by atoms with van der Waals surface area (Å²) in [4.78, 5) is 14.6. The number of likely N-dealkylation sites (N-methyl/N-ethyl adjacent to an activating group) is 2. The van der Waals surface area contributed by atoms with Crippen LogP contribution in [-0.2, 0) is 29.0 Å². The lowest BCUT2D eigenvalue weighted by Gasteiger charge is -2.40. The molecule has 0 aromatic carbocycles. The van der Waals surface area contributed by atoms with Crippen molar-refractivity contribution in [2.75, 3.05) is 53.6 Å². The number of carboxylic acid groups (broad SMARTS) is 1. The van der Waals surface area contributed by atoms with Crippen LogP contribution in [0.2, 0.25) is 0 Å². The second kappa shape index (κ2) is 11.5. The number of fused-ring (bicyclic) bond motifs is 1. The molecule has 0 spiro atoms. The van der Waals surface area contributed by atoms with Gasteiger partial charge in [-0.2, -0.15) is 5.10 Å². The minimum atomic E-state index is -0.884. The first-order valence-electron chi connectivity index (χ1n) is 12.3. The highest BCUT2D eigenvalue weighted by Crippen LogP contribution is 2.46. The number of rotatable bonds is 12. The van der Waals surface area contributed by atoms with E-state index in [1.54, 1.807) is 7.05 Å². The summed E-state index contributed by atoms with van der Waals surface area (Å²) in [5.41, 5.74) is 4.23. The number of amides is 1. The van der Waals surface area contributed by atoms with Gasteiger partial charge in [-0.1, -0.05) is 0 Å². The zero-order valence-electron chi connectivity index (χ0n) is 20.4. The molecule has 0 saturated heterocycles. The van der Waals surface area contributed by atoms with Crippen LogP contribution in [0.5, 0.6) is 0 Å². The molecule has 0 unspecified atom stereocenters. The fourth-order valence-electron chi connectivity index (χ4n) is 5.24. The molecule has 8 heteroatoms. The Bertz CT molecular complexity index is 733. The van der Waals surface area contributed by atoms with Gasteiger partial charge in [0.15, 0.2) is 0 Å².